The highest BCUT2D eigenvalue weighted by Gasteiger charge is 3.12. The molecule has 0 aromatic heterocycles. The number of hydrogen-bond donors (Lipinski definition) is 0. The quantitative estimate of drug-likeness (QED) is 0.601. The second kappa shape index (κ2) is 2.58. The molecule has 0 heterocycles. The molecular formula is C7HF11. The van der Waals surface area contributed by atoms with Crippen LogP contribution in [0.15, 0.2) is 0 Å². The fourth-order valence-electron chi connectivity index (χ4n) is 2.25. The molecule has 0 spiro atoms. The van der Waals surface area contributed by atoms with Gasteiger partial charge in [-0.15, -0.1) is 0 Å². The monoisotopic (exact) mass is 294 g/mol. The van der Waals surface area contributed by atoms with Gasteiger partial charge in [-0.3, -0.25) is 0 Å². The standard InChI is InChI=1S/C7HF11/c8-1-2(9)5(13,14)4(12,3(1,10)11)7(17,18)6(2,15)16/h1H. The minimum atomic E-state index is -6.76. The third-order valence-corrected chi connectivity index (χ3v) is 3.30. The highest BCUT2D eigenvalue weighted by atomic mass is 19.3. The summed E-state index contributed by atoms with van der Waals surface area (Å²) in [6, 6.07) is 0. The van der Waals surface area contributed by atoms with Gasteiger partial charge in [-0.05, 0) is 0 Å². The van der Waals surface area contributed by atoms with Crippen LogP contribution in [0.1, 0.15) is 0 Å². The Kier molecular flexibility index (Phi) is 1.95. The van der Waals surface area contributed by atoms with Gasteiger partial charge in [-0.1, -0.05) is 0 Å². The fraction of sp³-hybridized carbons (Fsp3) is 1.00. The van der Waals surface area contributed by atoms with Gasteiger partial charge in [0.15, 0.2) is 0 Å². The SMILES string of the molecule is FC1C(F)(F)C2(F)C(F)(F)C(F)(F)C1(F)C2(F)F. The zero-order valence-electron chi connectivity index (χ0n) is 7.73. The largest absolute Gasteiger partial charge is 0.359 e. The molecule has 3 atom stereocenters. The van der Waals surface area contributed by atoms with Gasteiger partial charge in [-0.25, -0.2) is 13.2 Å². The summed E-state index contributed by atoms with van der Waals surface area (Å²) in [5.41, 5.74) is -13.0. The average molecular weight is 294 g/mol. The number of rotatable bonds is 0. The Morgan fingerprint density at radius 2 is 0.944 bits per heavy atom. The van der Waals surface area contributed by atoms with Crippen molar-refractivity contribution in [3.05, 3.63) is 0 Å². The van der Waals surface area contributed by atoms with E-state index in [1.54, 1.807) is 0 Å². The van der Waals surface area contributed by atoms with E-state index < -0.39 is 41.2 Å². The Hall–Kier alpha value is -0.770. The predicted molar refractivity (Wildman–Crippen MR) is 32.4 cm³/mol. The molecular weight excluding hydrogens is 293 g/mol. The van der Waals surface area contributed by atoms with Gasteiger partial charge in [0.25, 0.3) is 5.67 Å². The van der Waals surface area contributed by atoms with Crippen molar-refractivity contribution in [3.63, 3.8) is 0 Å². The van der Waals surface area contributed by atoms with E-state index in [-0.39, 0.29) is 0 Å². The molecule has 11 heteroatoms. The third-order valence-electron chi connectivity index (χ3n) is 3.30. The van der Waals surface area contributed by atoms with Crippen molar-refractivity contribution in [1.29, 1.82) is 0 Å². The third kappa shape index (κ3) is 0.725. The maximum atomic E-state index is 13.2. The van der Waals surface area contributed by atoms with Crippen LogP contribution in [0, 0.1) is 0 Å². The lowest BCUT2D eigenvalue weighted by Crippen LogP contribution is -2.70. The molecule has 2 aliphatic rings. The van der Waals surface area contributed by atoms with Crippen molar-refractivity contribution in [1.82, 2.24) is 0 Å². The molecule has 18 heavy (non-hydrogen) atoms. The summed E-state index contributed by atoms with van der Waals surface area (Å²) in [5, 5.41) is 0. The van der Waals surface area contributed by atoms with E-state index >= 15 is 0 Å². The van der Waals surface area contributed by atoms with Gasteiger partial charge in [0.2, 0.25) is 6.17 Å². The Labute approximate surface area is 90.7 Å². The topological polar surface area (TPSA) is 0 Å². The lowest BCUT2D eigenvalue weighted by Gasteiger charge is -2.39. The maximum Gasteiger partial charge on any atom is 0.359 e. The maximum absolute atomic E-state index is 13.2. The van der Waals surface area contributed by atoms with E-state index in [0.717, 1.165) is 0 Å². The van der Waals surface area contributed by atoms with Crippen LogP contribution in [0.25, 0.3) is 0 Å². The Morgan fingerprint density at radius 1 is 0.556 bits per heavy atom. The summed E-state index contributed by atoms with van der Waals surface area (Å²) in [4.78, 5) is 0. The lowest BCUT2D eigenvalue weighted by atomic mass is 9.85. The van der Waals surface area contributed by atoms with E-state index in [1.165, 1.54) is 0 Å². The molecule has 2 bridgehead atoms. The van der Waals surface area contributed by atoms with Crippen LogP contribution in [0.3, 0.4) is 0 Å². The van der Waals surface area contributed by atoms with E-state index in [1.807, 2.05) is 0 Å². The Bertz CT molecular complexity index is 414. The summed E-state index contributed by atoms with van der Waals surface area (Å²) in [6.45, 7) is 0. The average Bonchev–Trinajstić information content (AvgIpc) is 2.32. The highest BCUT2D eigenvalue weighted by Crippen LogP contribution is 2.79. The molecule has 3 unspecified atom stereocenters. The van der Waals surface area contributed by atoms with Crippen LogP contribution in [0.5, 0.6) is 0 Å². The second-order valence-electron chi connectivity index (χ2n) is 4.08. The van der Waals surface area contributed by atoms with Gasteiger partial charge in [0.1, 0.15) is 0 Å². The minimum Gasteiger partial charge on any atom is -0.237 e. The molecule has 2 aliphatic carbocycles. The van der Waals surface area contributed by atoms with Crippen LogP contribution in [0.4, 0.5) is 48.3 Å². The van der Waals surface area contributed by atoms with Crippen molar-refractivity contribution in [3.8, 4) is 0 Å². The lowest BCUT2D eigenvalue weighted by molar-refractivity contribution is -0.352. The number of alkyl halides is 11. The molecule has 0 radical (unpaired) electrons. The van der Waals surface area contributed by atoms with Crippen LogP contribution in [0.2, 0.25) is 0 Å². The van der Waals surface area contributed by atoms with Crippen molar-refractivity contribution in [2.75, 3.05) is 0 Å². The molecule has 2 saturated carbocycles. The van der Waals surface area contributed by atoms with Crippen molar-refractivity contribution in [2.45, 2.75) is 41.2 Å². The van der Waals surface area contributed by atoms with Crippen molar-refractivity contribution in [2.24, 2.45) is 0 Å². The first kappa shape index (κ1) is 13.7. The molecule has 2 fully saturated rings. The van der Waals surface area contributed by atoms with E-state index in [2.05, 4.69) is 0 Å². The Morgan fingerprint density at radius 3 is 1.22 bits per heavy atom. The van der Waals surface area contributed by atoms with E-state index in [0.29, 0.717) is 0 Å². The minimum absolute atomic E-state index is 5.10. The summed E-state index contributed by atoms with van der Waals surface area (Å²) in [5.74, 6) is -26.3. The molecule has 0 N–H and O–H groups in total. The number of fused-ring (bicyclic) bond motifs is 2. The Balaban J connectivity index is 2.90. The van der Waals surface area contributed by atoms with E-state index in [4.69, 9.17) is 0 Å². The molecule has 0 aliphatic heterocycles. The molecule has 106 valence electrons. The van der Waals surface area contributed by atoms with Gasteiger partial charge in [-0.2, -0.15) is 35.1 Å². The summed E-state index contributed by atoms with van der Waals surface area (Å²) < 4.78 is 141. The highest BCUT2D eigenvalue weighted by molar-refractivity contribution is 5.43. The van der Waals surface area contributed by atoms with Crippen molar-refractivity contribution >= 4 is 0 Å². The van der Waals surface area contributed by atoms with Crippen LogP contribution < -0.4 is 0 Å². The molecule has 0 nitrogen and oxygen atoms in total. The molecule has 0 aromatic rings. The summed E-state index contributed by atoms with van der Waals surface area (Å²) >= 11 is 0. The first-order chi connectivity index (χ1) is 7.65. The van der Waals surface area contributed by atoms with Gasteiger partial charge < -0.3 is 0 Å². The number of halogens is 11. The van der Waals surface area contributed by atoms with Crippen LogP contribution in [-0.4, -0.2) is 41.2 Å². The second-order valence-corrected chi connectivity index (χ2v) is 4.08. The van der Waals surface area contributed by atoms with Gasteiger partial charge >= 0.3 is 29.4 Å². The normalized spacial score (nSPS) is 50.5. The summed E-state index contributed by atoms with van der Waals surface area (Å²) in [6.07, 6.45) is -5.10. The van der Waals surface area contributed by atoms with Crippen LogP contribution in [-0.2, 0) is 0 Å². The summed E-state index contributed by atoms with van der Waals surface area (Å²) in [7, 11) is 0. The predicted octanol–water partition coefficient (Wildman–Crippen LogP) is 3.31. The van der Waals surface area contributed by atoms with Gasteiger partial charge in [0, 0.05) is 0 Å². The fourth-order valence-corrected chi connectivity index (χ4v) is 2.25. The first-order valence-electron chi connectivity index (χ1n) is 4.19. The smallest absolute Gasteiger partial charge is 0.237 e. The molecule has 2 rings (SSSR count). The zero-order chi connectivity index (χ0) is 14.6. The number of hydrogen-bond acceptors (Lipinski definition) is 0. The van der Waals surface area contributed by atoms with E-state index in [9.17, 15) is 48.3 Å². The van der Waals surface area contributed by atoms with Gasteiger partial charge in [0.05, 0.1) is 0 Å². The zero-order valence-corrected chi connectivity index (χ0v) is 7.73. The van der Waals surface area contributed by atoms with Crippen molar-refractivity contribution < 1.29 is 48.3 Å². The first-order valence-corrected chi connectivity index (χ1v) is 4.19. The molecule has 0 amide bonds. The molecule has 0 aromatic carbocycles. The molecule has 0 saturated heterocycles. The van der Waals surface area contributed by atoms with Crippen LogP contribution >= 0.6 is 0 Å².